The van der Waals surface area contributed by atoms with Crippen molar-refractivity contribution in [3.8, 4) is 0 Å². The Kier molecular flexibility index (Phi) is 6.94. The van der Waals surface area contributed by atoms with Crippen molar-refractivity contribution < 1.29 is 19.2 Å². The van der Waals surface area contributed by atoms with Gasteiger partial charge < -0.3 is 10.6 Å². The highest BCUT2D eigenvalue weighted by Crippen LogP contribution is 2.22. The van der Waals surface area contributed by atoms with Gasteiger partial charge in [-0.05, 0) is 41.3 Å². The van der Waals surface area contributed by atoms with Crippen LogP contribution in [0.15, 0.2) is 42.5 Å². The molecule has 0 aliphatic heterocycles. The van der Waals surface area contributed by atoms with Crippen LogP contribution in [0.5, 0.6) is 0 Å². The zero-order chi connectivity index (χ0) is 22.5. The number of amides is 4. The van der Waals surface area contributed by atoms with Gasteiger partial charge in [-0.1, -0.05) is 32.9 Å². The second kappa shape index (κ2) is 9.21. The van der Waals surface area contributed by atoms with E-state index in [1.807, 2.05) is 12.1 Å². The molecule has 0 spiro atoms. The van der Waals surface area contributed by atoms with Crippen molar-refractivity contribution in [2.24, 2.45) is 0 Å². The molecule has 0 aliphatic carbocycles. The molecule has 158 valence electrons. The Balaban J connectivity index is 2.11. The summed E-state index contributed by atoms with van der Waals surface area (Å²) >= 11 is 0. The van der Waals surface area contributed by atoms with E-state index in [-0.39, 0.29) is 22.8 Å². The van der Waals surface area contributed by atoms with E-state index >= 15 is 0 Å². The molecule has 0 radical (unpaired) electrons. The van der Waals surface area contributed by atoms with Gasteiger partial charge in [0.1, 0.15) is 0 Å². The molecule has 0 unspecified atom stereocenters. The fourth-order valence-corrected chi connectivity index (χ4v) is 2.69. The third-order valence-electron chi connectivity index (χ3n) is 4.14. The van der Waals surface area contributed by atoms with Gasteiger partial charge in [0, 0.05) is 36.3 Å². The molecule has 0 aromatic heterocycles. The van der Waals surface area contributed by atoms with Crippen LogP contribution in [0.3, 0.4) is 0 Å². The van der Waals surface area contributed by atoms with Crippen molar-refractivity contribution in [1.29, 1.82) is 0 Å². The summed E-state index contributed by atoms with van der Waals surface area (Å²) in [6.45, 7) is 8.89. The van der Waals surface area contributed by atoms with Gasteiger partial charge in [0.05, 0.1) is 0 Å². The van der Waals surface area contributed by atoms with Crippen LogP contribution in [0.2, 0.25) is 0 Å². The summed E-state index contributed by atoms with van der Waals surface area (Å²) in [5.74, 6) is -1.72. The predicted octanol–water partition coefficient (Wildman–Crippen LogP) is 2.98. The third kappa shape index (κ3) is 6.44. The lowest BCUT2D eigenvalue weighted by Gasteiger charge is -2.19. The van der Waals surface area contributed by atoms with Crippen LogP contribution in [-0.2, 0) is 15.0 Å². The van der Waals surface area contributed by atoms with Gasteiger partial charge in [-0.2, -0.15) is 0 Å². The Morgan fingerprint density at radius 1 is 0.667 bits per heavy atom. The lowest BCUT2D eigenvalue weighted by molar-refractivity contribution is -0.115. The van der Waals surface area contributed by atoms with E-state index in [0.29, 0.717) is 16.9 Å². The molecule has 0 saturated heterocycles. The summed E-state index contributed by atoms with van der Waals surface area (Å²) in [4.78, 5) is 47.5. The summed E-state index contributed by atoms with van der Waals surface area (Å²) < 4.78 is 0. The first kappa shape index (κ1) is 22.6. The van der Waals surface area contributed by atoms with Crippen LogP contribution >= 0.6 is 0 Å². The molecule has 0 bridgehead atoms. The third-order valence-corrected chi connectivity index (χ3v) is 4.14. The Bertz CT molecular complexity index is 941. The summed E-state index contributed by atoms with van der Waals surface area (Å²) in [5, 5.41) is 5.13. The minimum absolute atomic E-state index is 0.0340. The molecule has 0 fully saturated rings. The standard InChI is InChI=1S/C22H26N4O4/c1-13(27)23-18-10-16(11-19(12-18)24-14(2)28)21(30)26-25-20(29)15-6-8-17(9-7-15)22(3,4)5/h6-12H,1-5H3,(H,23,27)(H,24,28)(H,25,29)(H,26,30). The lowest BCUT2D eigenvalue weighted by Crippen LogP contribution is -2.41. The summed E-state index contributed by atoms with van der Waals surface area (Å²) in [6.07, 6.45) is 0. The molecule has 2 aromatic rings. The molecule has 8 heteroatoms. The minimum atomic E-state index is -0.603. The van der Waals surface area contributed by atoms with Gasteiger partial charge in [0.15, 0.2) is 0 Å². The van der Waals surface area contributed by atoms with Crippen LogP contribution in [-0.4, -0.2) is 23.6 Å². The highest BCUT2D eigenvalue weighted by atomic mass is 16.2. The van der Waals surface area contributed by atoms with Gasteiger partial charge in [-0.15, -0.1) is 0 Å². The van der Waals surface area contributed by atoms with Crippen molar-refractivity contribution >= 4 is 35.0 Å². The van der Waals surface area contributed by atoms with Crippen molar-refractivity contribution in [3.63, 3.8) is 0 Å². The smallest absolute Gasteiger partial charge is 0.269 e. The molecule has 30 heavy (non-hydrogen) atoms. The highest BCUT2D eigenvalue weighted by molar-refractivity contribution is 6.02. The Morgan fingerprint density at radius 3 is 1.50 bits per heavy atom. The highest BCUT2D eigenvalue weighted by Gasteiger charge is 2.15. The number of anilines is 2. The zero-order valence-electron chi connectivity index (χ0n) is 17.7. The van der Waals surface area contributed by atoms with Crippen LogP contribution in [0, 0.1) is 0 Å². The predicted molar refractivity (Wildman–Crippen MR) is 115 cm³/mol. The molecule has 8 nitrogen and oxygen atoms in total. The van der Waals surface area contributed by atoms with E-state index in [1.165, 1.54) is 32.0 Å². The van der Waals surface area contributed by atoms with E-state index in [2.05, 4.69) is 42.3 Å². The van der Waals surface area contributed by atoms with Gasteiger partial charge >= 0.3 is 0 Å². The van der Waals surface area contributed by atoms with Gasteiger partial charge in [-0.25, -0.2) is 0 Å². The molecular weight excluding hydrogens is 384 g/mol. The Hall–Kier alpha value is -3.68. The van der Waals surface area contributed by atoms with Gasteiger partial charge in [-0.3, -0.25) is 30.0 Å². The summed E-state index contributed by atoms with van der Waals surface area (Å²) in [7, 11) is 0. The number of nitrogens with one attached hydrogen (secondary N) is 4. The van der Waals surface area contributed by atoms with Crippen LogP contribution in [0.25, 0.3) is 0 Å². The minimum Gasteiger partial charge on any atom is -0.326 e. The molecule has 2 rings (SSSR count). The maximum atomic E-state index is 12.5. The first-order chi connectivity index (χ1) is 14.0. The fourth-order valence-electron chi connectivity index (χ4n) is 2.69. The van der Waals surface area contributed by atoms with Crippen LogP contribution < -0.4 is 21.5 Å². The average molecular weight is 410 g/mol. The Morgan fingerprint density at radius 2 is 1.10 bits per heavy atom. The molecule has 0 saturated carbocycles. The molecule has 4 N–H and O–H groups in total. The molecule has 0 aliphatic rings. The van der Waals surface area contributed by atoms with Crippen molar-refractivity contribution in [2.45, 2.75) is 40.0 Å². The number of carbonyl (C=O) groups is 4. The molecule has 0 heterocycles. The maximum absolute atomic E-state index is 12.5. The zero-order valence-corrected chi connectivity index (χ0v) is 17.7. The molecule has 4 amide bonds. The summed E-state index contributed by atoms with van der Waals surface area (Å²) in [5.41, 5.74) is 6.97. The normalized spacial score (nSPS) is 10.7. The van der Waals surface area contributed by atoms with Gasteiger partial charge in [0.25, 0.3) is 11.8 Å². The number of benzene rings is 2. The quantitative estimate of drug-likeness (QED) is 0.580. The number of hydrogen-bond acceptors (Lipinski definition) is 4. The van der Waals surface area contributed by atoms with Crippen molar-refractivity contribution in [3.05, 3.63) is 59.2 Å². The number of rotatable bonds is 4. The molecule has 0 atom stereocenters. The molecule has 2 aromatic carbocycles. The van der Waals surface area contributed by atoms with Crippen molar-refractivity contribution in [1.82, 2.24) is 10.9 Å². The average Bonchev–Trinajstić information content (AvgIpc) is 2.64. The largest absolute Gasteiger partial charge is 0.326 e. The van der Waals surface area contributed by atoms with E-state index in [1.54, 1.807) is 12.1 Å². The van der Waals surface area contributed by atoms with Crippen LogP contribution in [0.4, 0.5) is 11.4 Å². The van der Waals surface area contributed by atoms with Crippen LogP contribution in [0.1, 0.15) is 60.9 Å². The SMILES string of the molecule is CC(=O)Nc1cc(NC(C)=O)cc(C(=O)NNC(=O)c2ccc(C(C)(C)C)cc2)c1. The Labute approximate surface area is 175 Å². The second-order valence-electron chi connectivity index (χ2n) is 7.90. The first-order valence-electron chi connectivity index (χ1n) is 9.37. The van der Waals surface area contributed by atoms with E-state index in [4.69, 9.17) is 0 Å². The van der Waals surface area contributed by atoms with E-state index in [0.717, 1.165) is 5.56 Å². The lowest BCUT2D eigenvalue weighted by atomic mass is 9.87. The second-order valence-corrected chi connectivity index (χ2v) is 7.90. The monoisotopic (exact) mass is 410 g/mol. The topological polar surface area (TPSA) is 116 Å². The number of carbonyl (C=O) groups excluding carboxylic acids is 4. The van der Waals surface area contributed by atoms with Gasteiger partial charge in [0.2, 0.25) is 11.8 Å². The van der Waals surface area contributed by atoms with E-state index < -0.39 is 11.8 Å². The fraction of sp³-hybridized carbons (Fsp3) is 0.273. The summed E-state index contributed by atoms with van der Waals surface area (Å²) in [6, 6.07) is 11.5. The number of hydrogen-bond donors (Lipinski definition) is 4. The van der Waals surface area contributed by atoms with E-state index in [9.17, 15) is 19.2 Å². The maximum Gasteiger partial charge on any atom is 0.269 e. The first-order valence-corrected chi connectivity index (χ1v) is 9.37. The molecular formula is C22H26N4O4. The van der Waals surface area contributed by atoms with Crippen molar-refractivity contribution in [2.75, 3.05) is 10.6 Å². The number of hydrazine groups is 1.